The van der Waals surface area contributed by atoms with E-state index in [4.69, 9.17) is 0 Å². The van der Waals surface area contributed by atoms with E-state index in [1.807, 2.05) is 37.5 Å². The van der Waals surface area contributed by atoms with Crippen LogP contribution < -0.4 is 10.6 Å². The molecule has 2 amide bonds. The van der Waals surface area contributed by atoms with E-state index in [1.54, 1.807) is 29.6 Å². The summed E-state index contributed by atoms with van der Waals surface area (Å²) in [6, 6.07) is 13.1. The third-order valence-corrected chi connectivity index (χ3v) is 7.27. The maximum atomic E-state index is 12.6. The number of anilines is 1. The maximum Gasteiger partial charge on any atom is 0.270 e. The average Bonchev–Trinajstić information content (AvgIpc) is 3.54. The maximum absolute atomic E-state index is 12.6. The number of thiazole rings is 1. The number of carbonyl (C=O) groups excluding carboxylic acids is 2. The first-order valence-corrected chi connectivity index (χ1v) is 13.5. The molecule has 38 heavy (non-hydrogen) atoms. The molecule has 2 heterocycles. The quantitative estimate of drug-likeness (QED) is 0.161. The molecule has 0 radical (unpaired) electrons. The van der Waals surface area contributed by atoms with Gasteiger partial charge in [-0.2, -0.15) is 0 Å². The van der Waals surface area contributed by atoms with Crippen LogP contribution in [-0.2, 0) is 11.3 Å². The molecule has 0 aliphatic rings. The van der Waals surface area contributed by atoms with E-state index in [1.165, 1.54) is 35.2 Å². The zero-order valence-electron chi connectivity index (χ0n) is 20.9. The number of benzene rings is 2. The van der Waals surface area contributed by atoms with Crippen molar-refractivity contribution in [1.82, 2.24) is 25.1 Å². The fraction of sp³-hybridized carbons (Fsp3) is 0.240. The number of rotatable bonds is 10. The third kappa shape index (κ3) is 6.42. The molecule has 0 saturated carbocycles. The predicted octanol–water partition coefficient (Wildman–Crippen LogP) is 4.86. The highest BCUT2D eigenvalue weighted by atomic mass is 32.2. The van der Waals surface area contributed by atoms with Gasteiger partial charge >= 0.3 is 0 Å². The van der Waals surface area contributed by atoms with Crippen LogP contribution >= 0.6 is 23.1 Å². The topological polar surface area (TPSA) is 145 Å². The van der Waals surface area contributed by atoms with Crippen LogP contribution in [0.15, 0.2) is 59.1 Å². The van der Waals surface area contributed by atoms with Crippen LogP contribution in [0, 0.1) is 17.0 Å². The zero-order valence-corrected chi connectivity index (χ0v) is 22.5. The monoisotopic (exact) mass is 551 g/mol. The summed E-state index contributed by atoms with van der Waals surface area (Å²) < 4.78 is 1.86. The van der Waals surface area contributed by atoms with Gasteiger partial charge in [0.15, 0.2) is 16.1 Å². The summed E-state index contributed by atoms with van der Waals surface area (Å²) >= 11 is 2.46. The average molecular weight is 552 g/mol. The number of hydrogen-bond acceptors (Lipinski definition) is 9. The van der Waals surface area contributed by atoms with E-state index in [0.717, 1.165) is 5.56 Å². The summed E-state index contributed by atoms with van der Waals surface area (Å²) in [4.78, 5) is 40.1. The molecule has 2 aromatic carbocycles. The standard InChI is InChI=1S/C25H25N7O4S2/c1-4-31-22(16(3)26-23(34)17-10-8-15(2)9-11-17)29-30-25(31)38-14-21(33)28-24-27-20(13-37-24)18-6-5-7-19(12-18)32(35)36/h5-13,16H,4,14H2,1-3H3,(H,26,34)(H,27,28,33)/t16-/m0/s1. The first-order chi connectivity index (χ1) is 18.2. The highest BCUT2D eigenvalue weighted by Crippen LogP contribution is 2.28. The lowest BCUT2D eigenvalue weighted by Crippen LogP contribution is -2.28. The normalized spacial score (nSPS) is 11.7. The molecule has 0 aliphatic carbocycles. The van der Waals surface area contributed by atoms with Crippen LogP contribution in [0.5, 0.6) is 0 Å². The van der Waals surface area contributed by atoms with Gasteiger partial charge in [0, 0.05) is 35.2 Å². The number of nitrogens with one attached hydrogen (secondary N) is 2. The molecule has 2 aromatic heterocycles. The minimum atomic E-state index is -0.463. The summed E-state index contributed by atoms with van der Waals surface area (Å²) in [5.41, 5.74) is 2.74. The van der Waals surface area contributed by atoms with E-state index in [9.17, 15) is 19.7 Å². The highest BCUT2D eigenvalue weighted by molar-refractivity contribution is 7.99. The van der Waals surface area contributed by atoms with E-state index >= 15 is 0 Å². The highest BCUT2D eigenvalue weighted by Gasteiger charge is 2.20. The number of thioether (sulfide) groups is 1. The number of non-ortho nitro benzene ring substituents is 1. The summed E-state index contributed by atoms with van der Waals surface area (Å²) in [5.74, 6) is 0.193. The molecular weight excluding hydrogens is 526 g/mol. The van der Waals surface area contributed by atoms with Crippen molar-refractivity contribution < 1.29 is 14.5 Å². The molecule has 0 spiro atoms. The smallest absolute Gasteiger partial charge is 0.270 e. The van der Waals surface area contributed by atoms with Crippen molar-refractivity contribution in [3.05, 3.63) is 81.0 Å². The summed E-state index contributed by atoms with van der Waals surface area (Å²) in [6.45, 7) is 6.31. The molecule has 196 valence electrons. The first-order valence-electron chi connectivity index (χ1n) is 11.7. The second-order valence-electron chi connectivity index (χ2n) is 8.33. The van der Waals surface area contributed by atoms with Gasteiger partial charge in [-0.15, -0.1) is 21.5 Å². The Morgan fingerprint density at radius 1 is 1.18 bits per heavy atom. The van der Waals surface area contributed by atoms with Crippen molar-refractivity contribution in [2.24, 2.45) is 0 Å². The van der Waals surface area contributed by atoms with Gasteiger partial charge in [0.1, 0.15) is 0 Å². The molecule has 0 bridgehead atoms. The number of hydrogen-bond donors (Lipinski definition) is 2. The Balaban J connectivity index is 1.35. The van der Waals surface area contributed by atoms with Crippen LogP contribution in [0.1, 0.15) is 41.6 Å². The van der Waals surface area contributed by atoms with Crippen molar-refractivity contribution in [1.29, 1.82) is 0 Å². The molecule has 4 aromatic rings. The molecule has 2 N–H and O–H groups in total. The van der Waals surface area contributed by atoms with Crippen molar-refractivity contribution in [3.8, 4) is 11.3 Å². The molecule has 0 fully saturated rings. The van der Waals surface area contributed by atoms with Gasteiger partial charge in [-0.3, -0.25) is 19.7 Å². The number of nitro groups is 1. The second-order valence-corrected chi connectivity index (χ2v) is 10.1. The summed E-state index contributed by atoms with van der Waals surface area (Å²) in [6.07, 6.45) is 0. The van der Waals surface area contributed by atoms with E-state index in [2.05, 4.69) is 25.8 Å². The van der Waals surface area contributed by atoms with Crippen molar-refractivity contribution in [2.45, 2.75) is 38.5 Å². The van der Waals surface area contributed by atoms with Crippen LogP contribution in [0.3, 0.4) is 0 Å². The first kappa shape index (κ1) is 26.9. The molecule has 11 nitrogen and oxygen atoms in total. The lowest BCUT2D eigenvalue weighted by molar-refractivity contribution is -0.384. The lowest BCUT2D eigenvalue weighted by atomic mass is 10.1. The van der Waals surface area contributed by atoms with Gasteiger partial charge in [0.25, 0.3) is 11.6 Å². The van der Waals surface area contributed by atoms with Gasteiger partial charge < -0.3 is 15.2 Å². The number of amides is 2. The Morgan fingerprint density at radius 3 is 2.66 bits per heavy atom. The van der Waals surface area contributed by atoms with Gasteiger partial charge in [-0.1, -0.05) is 41.6 Å². The van der Waals surface area contributed by atoms with E-state index in [-0.39, 0.29) is 29.3 Å². The summed E-state index contributed by atoms with van der Waals surface area (Å²) in [5, 5.41) is 27.9. The second kappa shape index (κ2) is 12.0. The van der Waals surface area contributed by atoms with Crippen LogP contribution in [-0.4, -0.2) is 42.2 Å². The zero-order chi connectivity index (χ0) is 27.2. The molecule has 0 unspecified atom stereocenters. The van der Waals surface area contributed by atoms with Crippen molar-refractivity contribution >= 4 is 45.7 Å². The minimum Gasteiger partial charge on any atom is -0.342 e. The summed E-state index contributed by atoms with van der Waals surface area (Å²) in [7, 11) is 0. The number of nitrogens with zero attached hydrogens (tertiary/aromatic N) is 5. The van der Waals surface area contributed by atoms with Crippen molar-refractivity contribution in [3.63, 3.8) is 0 Å². The Kier molecular flexibility index (Phi) is 8.48. The SMILES string of the molecule is CCn1c(SCC(=O)Nc2nc(-c3cccc([N+](=O)[O-])c3)cs2)nnc1[C@H](C)NC(=O)c1ccc(C)cc1. The third-order valence-electron chi connectivity index (χ3n) is 5.55. The molecule has 0 saturated heterocycles. The van der Waals surface area contributed by atoms with Crippen LogP contribution in [0.25, 0.3) is 11.3 Å². The number of nitro benzene ring substituents is 1. The Hall–Kier alpha value is -4.10. The molecule has 13 heteroatoms. The number of aryl methyl sites for hydroxylation is 1. The van der Waals surface area contributed by atoms with Gasteiger partial charge in [0.05, 0.1) is 22.4 Å². The molecular formula is C25H25N7O4S2. The molecule has 0 aliphatic heterocycles. The predicted molar refractivity (Wildman–Crippen MR) is 146 cm³/mol. The van der Waals surface area contributed by atoms with Gasteiger partial charge in [-0.25, -0.2) is 4.98 Å². The fourth-order valence-electron chi connectivity index (χ4n) is 3.60. The van der Waals surface area contributed by atoms with E-state index < -0.39 is 4.92 Å². The van der Waals surface area contributed by atoms with E-state index in [0.29, 0.717) is 39.5 Å². The van der Waals surface area contributed by atoms with Crippen molar-refractivity contribution in [2.75, 3.05) is 11.1 Å². The van der Waals surface area contributed by atoms with Gasteiger partial charge in [-0.05, 0) is 32.9 Å². The molecule has 1 atom stereocenters. The largest absolute Gasteiger partial charge is 0.342 e. The Morgan fingerprint density at radius 2 is 1.95 bits per heavy atom. The molecule has 4 rings (SSSR count). The fourth-order valence-corrected chi connectivity index (χ4v) is 5.15. The van der Waals surface area contributed by atoms with Crippen LogP contribution in [0.2, 0.25) is 0 Å². The number of aromatic nitrogens is 4. The lowest BCUT2D eigenvalue weighted by Gasteiger charge is -2.15. The Bertz CT molecular complexity index is 1470. The van der Waals surface area contributed by atoms with Gasteiger partial charge in [0.2, 0.25) is 5.91 Å². The van der Waals surface area contributed by atoms with Crippen LogP contribution in [0.4, 0.5) is 10.8 Å². The minimum absolute atomic E-state index is 0.0269. The Labute approximate surface area is 226 Å². The number of carbonyl (C=O) groups is 2.